The van der Waals surface area contributed by atoms with Crippen molar-refractivity contribution < 1.29 is 44.6 Å². The molecule has 0 spiro atoms. The first-order valence-corrected chi connectivity index (χ1v) is 22.3. The molecule has 1 aromatic heterocycles. The van der Waals surface area contributed by atoms with E-state index in [1.807, 2.05) is 59.3 Å². The molecule has 7 N–H and O–H groups in total. The number of anilines is 2. The Morgan fingerprint density at radius 1 is 0.770 bits per heavy atom. The Hall–Kier alpha value is -5.63. The van der Waals surface area contributed by atoms with Gasteiger partial charge >= 0.3 is 5.51 Å². The second kappa shape index (κ2) is 19.8. The molecule has 1 amide bonds. The number of hydrogen-bond acceptors (Lipinski definition) is 11. The molecule has 0 saturated heterocycles. The van der Waals surface area contributed by atoms with Crippen molar-refractivity contribution in [2.24, 2.45) is 0 Å². The summed E-state index contributed by atoms with van der Waals surface area (Å²) in [4.78, 5) is 14.6. The third-order valence-electron chi connectivity index (χ3n) is 9.34. The highest BCUT2D eigenvalue weighted by atomic mass is 35.5. The van der Waals surface area contributed by atoms with Crippen LogP contribution in [0, 0.1) is 0 Å². The predicted molar refractivity (Wildman–Crippen MR) is 229 cm³/mol. The monoisotopic (exact) mass is 898 g/mol. The van der Waals surface area contributed by atoms with Gasteiger partial charge in [-0.1, -0.05) is 54.1 Å². The maximum Gasteiger partial charge on any atom is 0.501 e. The quantitative estimate of drug-likeness (QED) is 0.0382. The number of carbonyl (C=O) groups is 1. The number of H-pyrrole nitrogens is 1. The molecule has 6 aromatic rings. The summed E-state index contributed by atoms with van der Waals surface area (Å²) in [6, 6.07) is 29.0. The van der Waals surface area contributed by atoms with Gasteiger partial charge in [0.2, 0.25) is 0 Å². The van der Waals surface area contributed by atoms with Crippen molar-refractivity contribution in [1.29, 1.82) is 0 Å². The number of benzene rings is 5. The summed E-state index contributed by atoms with van der Waals surface area (Å²) < 4.78 is 102. The minimum absolute atomic E-state index is 0.0158. The zero-order chi connectivity index (χ0) is 43.6. The third-order valence-corrected chi connectivity index (χ3v) is 12.4. The lowest BCUT2D eigenvalue weighted by Crippen LogP contribution is -2.31. The Kier molecular flexibility index (Phi) is 14.6. The number of aromatic nitrogens is 1. The number of rotatable bonds is 20. The van der Waals surface area contributed by atoms with Crippen molar-refractivity contribution in [3.63, 3.8) is 0 Å². The molecule has 0 bridgehead atoms. The van der Waals surface area contributed by atoms with E-state index in [0.29, 0.717) is 60.5 Å². The molecule has 13 nitrogen and oxygen atoms in total. The predicted octanol–water partition coefficient (Wildman–Crippen LogP) is 7.28. The molecule has 0 atom stereocenters. The number of sulfonamides is 1. The third kappa shape index (κ3) is 11.2. The molecule has 61 heavy (non-hydrogen) atoms. The number of carbonyl (C=O) groups excluding carboxylic acids is 1. The number of aromatic amines is 1. The van der Waals surface area contributed by atoms with E-state index in [1.54, 1.807) is 24.4 Å². The molecule has 0 aliphatic carbocycles. The number of aliphatic hydroxyl groups excluding tert-OH is 1. The lowest BCUT2D eigenvalue weighted by Gasteiger charge is -2.17. The molecule has 322 valence electrons. The van der Waals surface area contributed by atoms with E-state index in [4.69, 9.17) is 21.4 Å². The van der Waals surface area contributed by atoms with Crippen LogP contribution in [0.4, 0.5) is 24.5 Å². The Morgan fingerprint density at radius 2 is 1.56 bits per heavy atom. The molecular weight excluding hydrogens is 857 g/mol. The largest absolute Gasteiger partial charge is 0.501 e. The average Bonchev–Trinajstić information content (AvgIpc) is 3.72. The molecule has 0 aliphatic heterocycles. The van der Waals surface area contributed by atoms with Crippen LogP contribution in [-0.4, -0.2) is 77.7 Å². The van der Waals surface area contributed by atoms with E-state index in [-0.39, 0.29) is 31.0 Å². The van der Waals surface area contributed by atoms with Gasteiger partial charge in [-0.05, 0) is 90.3 Å². The number of nitrogens with one attached hydrogen (secondary N) is 6. The molecular formula is C42H42ClF3N6O7S2. The maximum atomic E-state index is 13.8. The van der Waals surface area contributed by atoms with Crippen molar-refractivity contribution in [2.75, 3.05) is 50.0 Å². The molecule has 19 heteroatoms. The number of ether oxygens (including phenoxy) is 1. The van der Waals surface area contributed by atoms with Crippen LogP contribution in [-0.2, 0) is 26.4 Å². The number of alkyl halides is 3. The second-order valence-electron chi connectivity index (χ2n) is 13.6. The van der Waals surface area contributed by atoms with E-state index in [2.05, 4.69) is 26.3 Å². The average molecular weight is 899 g/mol. The van der Waals surface area contributed by atoms with Gasteiger partial charge in [-0.15, -0.1) is 0 Å². The Bertz CT molecular complexity index is 2700. The summed E-state index contributed by atoms with van der Waals surface area (Å²) in [6.07, 6.45) is 2.03. The molecule has 0 unspecified atom stereocenters. The molecule has 1 heterocycles. The van der Waals surface area contributed by atoms with Gasteiger partial charge in [0, 0.05) is 66.6 Å². The number of aliphatic hydroxyl groups is 1. The second-order valence-corrected chi connectivity index (χ2v) is 17.6. The SMILES string of the molecule is O=C(NS(=O)(=O)c1ccc(NCCCNCCO)c(S(=O)(=O)C(F)(F)F)c1)c1ccc(NCCNCc2ccccc2-c2ccc(Cl)cc2)cc1Oc1cccc2[nH]ccc12. The summed E-state index contributed by atoms with van der Waals surface area (Å²) in [6.45, 7) is 2.05. The molecule has 6 rings (SSSR count). The minimum Gasteiger partial charge on any atom is -0.456 e. The van der Waals surface area contributed by atoms with Gasteiger partial charge in [-0.25, -0.2) is 21.6 Å². The van der Waals surface area contributed by atoms with Crippen LogP contribution in [0.3, 0.4) is 0 Å². The number of halogens is 4. The zero-order valence-corrected chi connectivity index (χ0v) is 34.7. The Balaban J connectivity index is 1.20. The summed E-state index contributed by atoms with van der Waals surface area (Å²) in [5.74, 6) is -0.908. The number of sulfone groups is 1. The van der Waals surface area contributed by atoms with Gasteiger partial charge in [0.25, 0.3) is 25.8 Å². The normalized spacial score (nSPS) is 12.0. The Labute approximate surface area is 355 Å². The zero-order valence-electron chi connectivity index (χ0n) is 32.4. The first-order chi connectivity index (χ1) is 29.2. The molecule has 5 aromatic carbocycles. The van der Waals surface area contributed by atoms with Crippen molar-refractivity contribution in [3.05, 3.63) is 132 Å². The topological polar surface area (TPSA) is 191 Å². The Morgan fingerprint density at radius 3 is 2.33 bits per heavy atom. The molecule has 0 aliphatic rings. The molecule has 0 fully saturated rings. The smallest absolute Gasteiger partial charge is 0.456 e. The van der Waals surface area contributed by atoms with Crippen molar-refractivity contribution in [1.82, 2.24) is 20.3 Å². The number of hydrogen-bond donors (Lipinski definition) is 7. The van der Waals surface area contributed by atoms with Crippen LogP contribution in [0.2, 0.25) is 5.02 Å². The van der Waals surface area contributed by atoms with E-state index in [9.17, 15) is 34.8 Å². The van der Waals surface area contributed by atoms with Crippen molar-refractivity contribution >= 4 is 59.6 Å². The summed E-state index contributed by atoms with van der Waals surface area (Å²) in [5.41, 5.74) is -2.07. The van der Waals surface area contributed by atoms with E-state index >= 15 is 0 Å². The van der Waals surface area contributed by atoms with Crippen molar-refractivity contribution in [3.8, 4) is 22.6 Å². The summed E-state index contributed by atoms with van der Waals surface area (Å²) >= 11 is 6.08. The van der Waals surface area contributed by atoms with Crippen molar-refractivity contribution in [2.45, 2.75) is 28.3 Å². The van der Waals surface area contributed by atoms with Crippen LogP contribution in [0.25, 0.3) is 22.0 Å². The van der Waals surface area contributed by atoms with Gasteiger partial charge in [0.05, 0.1) is 22.8 Å². The van der Waals surface area contributed by atoms with E-state index < -0.39 is 46.8 Å². The highest BCUT2D eigenvalue weighted by molar-refractivity contribution is 7.92. The van der Waals surface area contributed by atoms with Gasteiger partial charge in [-0.2, -0.15) is 13.2 Å². The van der Waals surface area contributed by atoms with Crippen LogP contribution in [0.1, 0.15) is 22.3 Å². The lowest BCUT2D eigenvalue weighted by atomic mass is 10.00. The molecule has 0 saturated carbocycles. The van der Waals surface area contributed by atoms with Gasteiger partial charge in [0.15, 0.2) is 0 Å². The van der Waals surface area contributed by atoms with E-state index in [1.165, 1.54) is 18.2 Å². The highest BCUT2D eigenvalue weighted by Crippen LogP contribution is 2.37. The summed E-state index contributed by atoms with van der Waals surface area (Å²) in [7, 11) is -11.0. The first-order valence-electron chi connectivity index (χ1n) is 18.9. The van der Waals surface area contributed by atoms with Gasteiger partial charge in [0.1, 0.15) is 16.4 Å². The number of amides is 1. The fourth-order valence-corrected chi connectivity index (χ4v) is 8.47. The van der Waals surface area contributed by atoms with Crippen LogP contribution >= 0.6 is 11.6 Å². The standard InChI is InChI=1S/C42H42ClF3N6O7S2/c43-30-11-9-28(10-12-30)33-6-2-1-5-29(33)27-48-21-22-49-31-13-15-35(39(25-31)59-38-8-3-7-36-34(38)17-20-51-36)41(54)52-61(57,58)32-14-16-37(50-19-4-18-47-23-24-53)40(26-32)60(55,56)42(44,45)46/h1-3,5-17,20,25-26,47-51,53H,4,18-19,21-24,27H2,(H,52,54). The molecule has 0 radical (unpaired) electrons. The van der Waals surface area contributed by atoms with Gasteiger partial charge < -0.3 is 36.1 Å². The fraction of sp³-hybridized carbons (Fsp3) is 0.214. The van der Waals surface area contributed by atoms with E-state index in [0.717, 1.165) is 34.3 Å². The van der Waals surface area contributed by atoms with Crippen LogP contribution < -0.4 is 30.7 Å². The van der Waals surface area contributed by atoms with Crippen LogP contribution in [0.5, 0.6) is 11.5 Å². The number of fused-ring (bicyclic) bond motifs is 1. The lowest BCUT2D eigenvalue weighted by molar-refractivity contribution is -0.0435. The minimum atomic E-state index is -6.05. The first kappa shape index (κ1) is 44.9. The van der Waals surface area contributed by atoms with Crippen LogP contribution in [0.15, 0.2) is 125 Å². The van der Waals surface area contributed by atoms with Gasteiger partial charge in [-0.3, -0.25) is 4.79 Å². The maximum absolute atomic E-state index is 13.8. The summed E-state index contributed by atoms with van der Waals surface area (Å²) in [5, 5.41) is 22.4. The fourth-order valence-electron chi connectivity index (χ4n) is 6.31. The highest BCUT2D eigenvalue weighted by Gasteiger charge is 2.48.